The van der Waals surface area contributed by atoms with Crippen molar-refractivity contribution in [3.8, 4) is 17.2 Å². The highest BCUT2D eigenvalue weighted by atomic mass is 16.6. The first kappa shape index (κ1) is 27.7. The summed E-state index contributed by atoms with van der Waals surface area (Å²) in [5.41, 5.74) is 4.22. The number of amides is 2. The number of benzene rings is 3. The minimum Gasteiger partial charge on any atom is -0.494 e. The molecule has 0 radical (unpaired) electrons. The van der Waals surface area contributed by atoms with Crippen LogP contribution in [0.25, 0.3) is 6.08 Å². The maximum Gasteiger partial charge on any atom is 0.336 e. The van der Waals surface area contributed by atoms with Crippen LogP contribution >= 0.6 is 0 Å². The van der Waals surface area contributed by atoms with Gasteiger partial charge in [-0.2, -0.15) is 5.10 Å². The van der Waals surface area contributed by atoms with Crippen molar-refractivity contribution in [2.24, 2.45) is 5.10 Å². The number of esters is 1. The van der Waals surface area contributed by atoms with Gasteiger partial charge in [-0.05, 0) is 66.1 Å². The fourth-order valence-corrected chi connectivity index (χ4v) is 3.12. The van der Waals surface area contributed by atoms with Crippen molar-refractivity contribution < 1.29 is 28.6 Å². The highest BCUT2D eigenvalue weighted by Gasteiger charge is 2.10. The van der Waals surface area contributed by atoms with E-state index in [1.165, 1.54) is 19.4 Å². The molecule has 3 aromatic rings. The average Bonchev–Trinajstić information content (AvgIpc) is 2.95. The average molecular weight is 516 g/mol. The zero-order valence-corrected chi connectivity index (χ0v) is 21.2. The quantitative estimate of drug-likeness (QED) is 0.124. The number of nitrogens with zero attached hydrogens (tertiary/aromatic N) is 1. The second-order valence-electron chi connectivity index (χ2n) is 7.92. The summed E-state index contributed by atoms with van der Waals surface area (Å²) in [5, 5.41) is 6.43. The van der Waals surface area contributed by atoms with Crippen LogP contribution in [0.2, 0.25) is 0 Å². The highest BCUT2D eigenvalue weighted by molar-refractivity contribution is 5.96. The van der Waals surface area contributed by atoms with Gasteiger partial charge in [0.1, 0.15) is 5.75 Å². The van der Waals surface area contributed by atoms with Gasteiger partial charge in [0.05, 0.1) is 26.5 Å². The molecule has 3 rings (SSSR count). The molecule has 0 bridgehead atoms. The Morgan fingerprint density at radius 1 is 0.921 bits per heavy atom. The van der Waals surface area contributed by atoms with Gasteiger partial charge in [0, 0.05) is 11.6 Å². The first-order valence-electron chi connectivity index (χ1n) is 11.9. The first-order valence-corrected chi connectivity index (χ1v) is 11.9. The van der Waals surface area contributed by atoms with E-state index in [-0.39, 0.29) is 18.2 Å². The lowest BCUT2D eigenvalue weighted by Gasteiger charge is -2.08. The van der Waals surface area contributed by atoms with Gasteiger partial charge in [0.15, 0.2) is 11.5 Å². The van der Waals surface area contributed by atoms with Crippen molar-refractivity contribution in [1.29, 1.82) is 0 Å². The predicted octanol–water partition coefficient (Wildman–Crippen LogP) is 3.98. The Labute approximate surface area is 221 Å². The number of hydrogen-bond donors (Lipinski definition) is 2. The Bertz CT molecular complexity index is 1290. The maximum absolute atomic E-state index is 12.2. The molecule has 0 saturated carbocycles. The molecule has 0 aliphatic heterocycles. The molecule has 0 saturated heterocycles. The number of nitrogens with one attached hydrogen (secondary N) is 2. The van der Waals surface area contributed by atoms with Crippen molar-refractivity contribution >= 4 is 30.1 Å². The zero-order chi connectivity index (χ0) is 27.2. The molecule has 0 aliphatic rings. The largest absolute Gasteiger partial charge is 0.494 e. The van der Waals surface area contributed by atoms with E-state index in [0.717, 1.165) is 12.0 Å². The van der Waals surface area contributed by atoms with Crippen molar-refractivity contribution in [1.82, 2.24) is 10.7 Å². The number of carbonyl (C=O) groups excluding carboxylic acids is 3. The number of hydrazone groups is 1. The van der Waals surface area contributed by atoms with E-state index in [1.807, 2.05) is 37.3 Å². The Balaban J connectivity index is 1.47. The Morgan fingerprint density at radius 2 is 1.68 bits per heavy atom. The van der Waals surface area contributed by atoms with E-state index in [9.17, 15) is 14.4 Å². The standard InChI is InChI=1S/C29H29N3O6/c1-3-17-37-24-13-11-23(12-14-24)29(35)30-20-27(33)32-31-19-22-9-15-25(26(18-22)36-2)38-28(34)16-10-21-7-5-4-6-8-21/h4-16,18-19H,3,17,20H2,1-2H3,(H,30,35)(H,32,33). The fourth-order valence-electron chi connectivity index (χ4n) is 3.12. The summed E-state index contributed by atoms with van der Waals surface area (Å²) in [6.45, 7) is 2.36. The van der Waals surface area contributed by atoms with Crippen molar-refractivity contribution in [2.45, 2.75) is 13.3 Å². The number of carbonyl (C=O) groups is 3. The molecule has 2 amide bonds. The van der Waals surface area contributed by atoms with Crippen LogP contribution in [0.3, 0.4) is 0 Å². The first-order chi connectivity index (χ1) is 18.5. The molecular weight excluding hydrogens is 486 g/mol. The summed E-state index contributed by atoms with van der Waals surface area (Å²) in [5.74, 6) is -0.203. The van der Waals surface area contributed by atoms with E-state index in [2.05, 4.69) is 15.8 Å². The SMILES string of the molecule is CCCOc1ccc(C(=O)NCC(=O)NN=Cc2ccc(OC(=O)C=Cc3ccccc3)c(OC)c2)cc1. The topological polar surface area (TPSA) is 115 Å². The predicted molar refractivity (Wildman–Crippen MR) is 144 cm³/mol. The number of rotatable bonds is 12. The van der Waals surface area contributed by atoms with Crippen LogP contribution in [0.15, 0.2) is 84.0 Å². The normalized spacial score (nSPS) is 10.8. The molecule has 0 aliphatic carbocycles. The number of ether oxygens (including phenoxy) is 3. The zero-order valence-electron chi connectivity index (χ0n) is 21.2. The van der Waals surface area contributed by atoms with Gasteiger partial charge in [-0.25, -0.2) is 10.2 Å². The molecule has 0 spiro atoms. The molecule has 3 aromatic carbocycles. The van der Waals surface area contributed by atoms with E-state index in [0.29, 0.717) is 29.2 Å². The third-order valence-corrected chi connectivity index (χ3v) is 5.01. The van der Waals surface area contributed by atoms with Crippen molar-refractivity contribution in [3.63, 3.8) is 0 Å². The van der Waals surface area contributed by atoms with Crippen LogP contribution in [0.1, 0.15) is 34.8 Å². The summed E-state index contributed by atoms with van der Waals surface area (Å²) in [4.78, 5) is 36.5. The fraction of sp³-hybridized carbons (Fsp3) is 0.172. The molecule has 0 heterocycles. The van der Waals surface area contributed by atoms with Crippen LogP contribution < -0.4 is 25.0 Å². The van der Waals surface area contributed by atoms with Gasteiger partial charge < -0.3 is 19.5 Å². The molecule has 0 unspecified atom stereocenters. The van der Waals surface area contributed by atoms with Gasteiger partial charge in [0.25, 0.3) is 11.8 Å². The molecule has 0 atom stereocenters. The van der Waals surface area contributed by atoms with Crippen LogP contribution in [0, 0.1) is 0 Å². The minimum atomic E-state index is -0.552. The van der Waals surface area contributed by atoms with Crippen LogP contribution in [0.4, 0.5) is 0 Å². The van der Waals surface area contributed by atoms with Crippen molar-refractivity contribution in [2.75, 3.05) is 20.3 Å². The van der Waals surface area contributed by atoms with Crippen molar-refractivity contribution in [3.05, 3.63) is 95.6 Å². The third kappa shape index (κ3) is 8.94. The molecule has 196 valence electrons. The lowest BCUT2D eigenvalue weighted by atomic mass is 10.2. The Hall–Kier alpha value is -4.92. The summed E-state index contributed by atoms with van der Waals surface area (Å²) in [6, 6.07) is 20.9. The lowest BCUT2D eigenvalue weighted by Crippen LogP contribution is -2.34. The molecule has 9 heteroatoms. The summed E-state index contributed by atoms with van der Waals surface area (Å²) < 4.78 is 16.2. The van der Waals surface area contributed by atoms with E-state index in [1.54, 1.807) is 48.5 Å². The molecular formula is C29H29N3O6. The molecule has 2 N–H and O–H groups in total. The molecule has 38 heavy (non-hydrogen) atoms. The number of methoxy groups -OCH3 is 1. The van der Waals surface area contributed by atoms with E-state index in [4.69, 9.17) is 14.2 Å². The highest BCUT2D eigenvalue weighted by Crippen LogP contribution is 2.27. The van der Waals surface area contributed by atoms with Gasteiger partial charge in [0.2, 0.25) is 0 Å². The van der Waals surface area contributed by atoms with Crippen LogP contribution in [-0.2, 0) is 9.59 Å². The summed E-state index contributed by atoms with van der Waals surface area (Å²) in [7, 11) is 1.45. The third-order valence-electron chi connectivity index (χ3n) is 5.01. The van der Waals surface area contributed by atoms with Gasteiger partial charge in [-0.15, -0.1) is 0 Å². The summed E-state index contributed by atoms with van der Waals surface area (Å²) >= 11 is 0. The molecule has 0 aromatic heterocycles. The molecule has 9 nitrogen and oxygen atoms in total. The lowest BCUT2D eigenvalue weighted by molar-refractivity contribution is -0.129. The number of hydrogen-bond acceptors (Lipinski definition) is 7. The summed E-state index contributed by atoms with van der Waals surface area (Å²) in [6.07, 6.45) is 5.27. The smallest absolute Gasteiger partial charge is 0.336 e. The monoisotopic (exact) mass is 515 g/mol. The van der Waals surface area contributed by atoms with Gasteiger partial charge in [-0.1, -0.05) is 37.3 Å². The van der Waals surface area contributed by atoms with Gasteiger partial charge in [-0.3, -0.25) is 9.59 Å². The Kier molecular flexibility index (Phi) is 10.6. The minimum absolute atomic E-state index is 0.240. The Morgan fingerprint density at radius 3 is 2.39 bits per heavy atom. The van der Waals surface area contributed by atoms with Crippen LogP contribution in [-0.4, -0.2) is 44.3 Å². The van der Waals surface area contributed by atoms with Gasteiger partial charge >= 0.3 is 5.97 Å². The second kappa shape index (κ2) is 14.6. The molecule has 0 fully saturated rings. The maximum atomic E-state index is 12.2. The van der Waals surface area contributed by atoms with E-state index >= 15 is 0 Å². The van der Waals surface area contributed by atoms with E-state index < -0.39 is 11.9 Å². The van der Waals surface area contributed by atoms with Crippen LogP contribution in [0.5, 0.6) is 17.2 Å². The second-order valence-corrected chi connectivity index (χ2v) is 7.92.